The van der Waals surface area contributed by atoms with Crippen molar-refractivity contribution in [1.82, 2.24) is 18.6 Å². The highest BCUT2D eigenvalue weighted by Crippen LogP contribution is 2.26. The molecule has 1 saturated heterocycles. The third-order valence-electron chi connectivity index (χ3n) is 4.17. The topological polar surface area (TPSA) is 84.9 Å². The zero-order valence-corrected chi connectivity index (χ0v) is 15.8. The van der Waals surface area contributed by atoms with E-state index in [1.54, 1.807) is 19.5 Å². The van der Waals surface area contributed by atoms with Gasteiger partial charge in [0.15, 0.2) is 0 Å². The largest absolute Gasteiger partial charge is 0.497 e. The van der Waals surface area contributed by atoms with E-state index in [0.717, 1.165) is 11.3 Å². The Hall–Kier alpha value is -2.07. The lowest BCUT2D eigenvalue weighted by Crippen LogP contribution is -2.47. The molecule has 140 valence electrons. The summed E-state index contributed by atoms with van der Waals surface area (Å²) in [5.74, 6) is 0.729. The Labute approximate surface area is 153 Å². The highest BCUT2D eigenvalue weighted by Gasteiger charge is 2.32. The summed E-state index contributed by atoms with van der Waals surface area (Å²) in [4.78, 5) is 8.88. The average molecular weight is 378 g/mol. The van der Waals surface area contributed by atoms with Crippen molar-refractivity contribution in [2.45, 2.75) is 6.10 Å². The first-order valence-corrected chi connectivity index (χ1v) is 9.57. The standard InChI is InChI=1S/C17H22N4O4S/c1-20(2)26(22,23)21-7-8-25-17(12-21)16-11-18-10-15(19-16)13-5-4-6-14(9-13)24-3/h4-6,9-11,17H,7-8,12H2,1-3H3/t17-/m1/s1. The summed E-state index contributed by atoms with van der Waals surface area (Å²) < 4.78 is 38.3. The summed E-state index contributed by atoms with van der Waals surface area (Å²) in [6.07, 6.45) is 2.81. The van der Waals surface area contributed by atoms with Gasteiger partial charge >= 0.3 is 0 Å². The Kier molecular flexibility index (Phi) is 5.52. The van der Waals surface area contributed by atoms with Crippen LogP contribution in [-0.4, -0.2) is 67.9 Å². The van der Waals surface area contributed by atoms with Crippen molar-refractivity contribution < 1.29 is 17.9 Å². The Morgan fingerprint density at radius 1 is 1.31 bits per heavy atom. The van der Waals surface area contributed by atoms with Gasteiger partial charge in [-0.15, -0.1) is 0 Å². The molecular formula is C17H22N4O4S. The van der Waals surface area contributed by atoms with Crippen molar-refractivity contribution in [3.05, 3.63) is 42.4 Å². The smallest absolute Gasteiger partial charge is 0.281 e. The van der Waals surface area contributed by atoms with E-state index in [1.807, 2.05) is 24.3 Å². The maximum Gasteiger partial charge on any atom is 0.281 e. The molecule has 0 N–H and O–H groups in total. The molecule has 1 aliphatic heterocycles. The molecule has 2 heterocycles. The van der Waals surface area contributed by atoms with Gasteiger partial charge in [0.05, 0.1) is 37.5 Å². The predicted octanol–water partition coefficient (Wildman–Crippen LogP) is 1.33. The third kappa shape index (κ3) is 3.85. The molecule has 1 aromatic heterocycles. The van der Waals surface area contributed by atoms with Crippen molar-refractivity contribution in [2.75, 3.05) is 40.9 Å². The highest BCUT2D eigenvalue weighted by atomic mass is 32.2. The molecule has 0 spiro atoms. The summed E-state index contributed by atoms with van der Waals surface area (Å²) in [5.41, 5.74) is 2.15. The molecule has 0 unspecified atom stereocenters. The van der Waals surface area contributed by atoms with Crippen LogP contribution in [0.5, 0.6) is 5.75 Å². The van der Waals surface area contributed by atoms with Gasteiger partial charge in [0.2, 0.25) is 0 Å². The molecule has 0 bridgehead atoms. The number of ether oxygens (including phenoxy) is 2. The Balaban J connectivity index is 1.86. The zero-order valence-electron chi connectivity index (χ0n) is 15.0. The van der Waals surface area contributed by atoms with Gasteiger partial charge in [-0.3, -0.25) is 4.98 Å². The lowest BCUT2D eigenvalue weighted by atomic mass is 10.1. The molecule has 1 aromatic carbocycles. The van der Waals surface area contributed by atoms with Crippen molar-refractivity contribution in [2.24, 2.45) is 0 Å². The fourth-order valence-corrected chi connectivity index (χ4v) is 3.79. The van der Waals surface area contributed by atoms with Gasteiger partial charge in [0, 0.05) is 32.7 Å². The second-order valence-corrected chi connectivity index (χ2v) is 8.21. The van der Waals surface area contributed by atoms with Gasteiger partial charge in [-0.1, -0.05) is 12.1 Å². The first-order chi connectivity index (χ1) is 12.4. The van der Waals surface area contributed by atoms with E-state index >= 15 is 0 Å². The van der Waals surface area contributed by atoms with Crippen molar-refractivity contribution in [3.63, 3.8) is 0 Å². The lowest BCUT2D eigenvalue weighted by Gasteiger charge is -2.33. The Morgan fingerprint density at radius 2 is 2.12 bits per heavy atom. The minimum atomic E-state index is -3.49. The first-order valence-electron chi connectivity index (χ1n) is 8.17. The number of benzene rings is 1. The van der Waals surface area contributed by atoms with Crippen LogP contribution in [0.3, 0.4) is 0 Å². The molecule has 0 saturated carbocycles. The van der Waals surface area contributed by atoms with Crippen LogP contribution < -0.4 is 4.74 Å². The fourth-order valence-electron chi connectivity index (χ4n) is 2.70. The summed E-state index contributed by atoms with van der Waals surface area (Å²) in [7, 11) is 1.15. The Morgan fingerprint density at radius 3 is 2.85 bits per heavy atom. The molecule has 26 heavy (non-hydrogen) atoms. The molecule has 2 aromatic rings. The van der Waals surface area contributed by atoms with E-state index in [4.69, 9.17) is 9.47 Å². The molecule has 0 radical (unpaired) electrons. The van der Waals surface area contributed by atoms with E-state index in [0.29, 0.717) is 24.5 Å². The van der Waals surface area contributed by atoms with Gasteiger partial charge in [0.1, 0.15) is 11.9 Å². The summed E-state index contributed by atoms with van der Waals surface area (Å²) in [5, 5.41) is 0. The van der Waals surface area contributed by atoms with Crippen LogP contribution in [0.15, 0.2) is 36.7 Å². The van der Waals surface area contributed by atoms with Gasteiger partial charge in [-0.25, -0.2) is 4.98 Å². The van der Waals surface area contributed by atoms with Crippen molar-refractivity contribution >= 4 is 10.2 Å². The maximum atomic E-state index is 12.4. The molecule has 1 atom stereocenters. The van der Waals surface area contributed by atoms with E-state index in [9.17, 15) is 8.42 Å². The van der Waals surface area contributed by atoms with Gasteiger partial charge in [-0.05, 0) is 12.1 Å². The minimum Gasteiger partial charge on any atom is -0.497 e. The predicted molar refractivity (Wildman–Crippen MR) is 96.9 cm³/mol. The maximum absolute atomic E-state index is 12.4. The number of hydrogen-bond donors (Lipinski definition) is 0. The Bertz CT molecular complexity index is 873. The zero-order chi connectivity index (χ0) is 18.7. The van der Waals surface area contributed by atoms with Crippen LogP contribution in [0.25, 0.3) is 11.3 Å². The summed E-state index contributed by atoms with van der Waals surface area (Å²) in [6, 6.07) is 7.53. The number of methoxy groups -OCH3 is 1. The lowest BCUT2D eigenvalue weighted by molar-refractivity contribution is -0.00637. The second kappa shape index (κ2) is 7.67. The number of aromatic nitrogens is 2. The van der Waals surface area contributed by atoms with E-state index in [-0.39, 0.29) is 6.54 Å². The quantitative estimate of drug-likeness (QED) is 0.780. The van der Waals surface area contributed by atoms with E-state index < -0.39 is 16.3 Å². The fraction of sp³-hybridized carbons (Fsp3) is 0.412. The molecule has 3 rings (SSSR count). The van der Waals surface area contributed by atoms with Gasteiger partial charge in [-0.2, -0.15) is 17.0 Å². The minimum absolute atomic E-state index is 0.205. The van der Waals surface area contributed by atoms with Crippen LogP contribution in [0.4, 0.5) is 0 Å². The van der Waals surface area contributed by atoms with Crippen molar-refractivity contribution in [3.8, 4) is 17.0 Å². The molecule has 1 aliphatic rings. The number of morpholine rings is 1. The second-order valence-electron chi connectivity index (χ2n) is 6.07. The molecule has 0 amide bonds. The van der Waals surface area contributed by atoms with Gasteiger partial charge < -0.3 is 9.47 Å². The molecule has 0 aliphatic carbocycles. The number of rotatable bonds is 5. The highest BCUT2D eigenvalue weighted by molar-refractivity contribution is 7.86. The molecule has 8 nitrogen and oxygen atoms in total. The summed E-state index contributed by atoms with van der Waals surface area (Å²) >= 11 is 0. The van der Waals surface area contributed by atoms with Crippen LogP contribution in [-0.2, 0) is 14.9 Å². The van der Waals surface area contributed by atoms with Crippen LogP contribution >= 0.6 is 0 Å². The van der Waals surface area contributed by atoms with Crippen molar-refractivity contribution in [1.29, 1.82) is 0 Å². The van der Waals surface area contributed by atoms with E-state index in [1.165, 1.54) is 22.7 Å². The summed E-state index contributed by atoms with van der Waals surface area (Å²) in [6.45, 7) is 0.833. The molecular weight excluding hydrogens is 356 g/mol. The van der Waals surface area contributed by atoms with E-state index in [2.05, 4.69) is 9.97 Å². The molecule has 9 heteroatoms. The average Bonchev–Trinajstić information content (AvgIpc) is 2.68. The van der Waals surface area contributed by atoms with Gasteiger partial charge in [0.25, 0.3) is 10.2 Å². The monoisotopic (exact) mass is 378 g/mol. The first kappa shape index (κ1) is 18.7. The third-order valence-corrected chi connectivity index (χ3v) is 6.07. The molecule has 1 fully saturated rings. The number of hydrogen-bond acceptors (Lipinski definition) is 6. The number of nitrogens with zero attached hydrogens (tertiary/aromatic N) is 4. The SMILES string of the molecule is COc1cccc(-c2cncc([C@H]3CN(S(=O)(=O)N(C)C)CCO3)n2)c1. The normalized spacial score (nSPS) is 18.8. The van der Waals surface area contributed by atoms with Crippen LogP contribution in [0.2, 0.25) is 0 Å². The van der Waals surface area contributed by atoms with Crippen LogP contribution in [0.1, 0.15) is 11.8 Å². The van der Waals surface area contributed by atoms with Crippen LogP contribution in [0, 0.1) is 0 Å².